The van der Waals surface area contributed by atoms with Gasteiger partial charge in [-0.25, -0.2) is 4.79 Å². The fraction of sp³-hybridized carbons (Fsp3) is 0.714. The molecule has 0 fully saturated rings. The Balaban J connectivity index is 4.80. The molecule has 0 aliphatic carbocycles. The Kier molecular flexibility index (Phi) is 10.1. The first kappa shape index (κ1) is 23.1. The topological polar surface area (TPSA) is 171 Å². The number of hydrogen-bond acceptors (Lipinski definition) is 7. The summed E-state index contributed by atoms with van der Waals surface area (Å²) in [5.74, 6) is -3.69. The van der Waals surface area contributed by atoms with E-state index in [0.717, 1.165) is 0 Å². The number of carbonyl (C=O) groups is 4. The minimum Gasteiger partial charge on any atom is -0.480 e. The monoisotopic (exact) mass is 378 g/mol. The number of carbonyl (C=O) groups excluding carboxylic acids is 3. The van der Waals surface area contributed by atoms with Crippen LogP contribution in [0.15, 0.2) is 0 Å². The van der Waals surface area contributed by atoms with Crippen molar-refractivity contribution in [2.45, 2.75) is 44.9 Å². The highest BCUT2D eigenvalue weighted by atomic mass is 32.1. The fourth-order valence-electron chi connectivity index (χ4n) is 1.73. The maximum Gasteiger partial charge on any atom is 0.326 e. The largest absolute Gasteiger partial charge is 0.480 e. The first-order chi connectivity index (χ1) is 11.5. The van der Waals surface area contributed by atoms with E-state index in [1.54, 1.807) is 13.8 Å². The van der Waals surface area contributed by atoms with Gasteiger partial charge in [0.15, 0.2) is 0 Å². The summed E-state index contributed by atoms with van der Waals surface area (Å²) in [7, 11) is 0. The standard InChI is InChI=1S/C14H26N4O6S/c1-6(2)10(14(23)24)18-13(22)9(4-19)17-11(20)7(3)16-12(21)8(15)5-25/h6-10,19,25H,4-5,15H2,1-3H3,(H,16,21)(H,17,20)(H,18,22)(H,23,24). The second kappa shape index (κ2) is 10.9. The number of aliphatic hydroxyl groups excluding tert-OH is 1. The van der Waals surface area contributed by atoms with Crippen LogP contribution in [0, 0.1) is 5.92 Å². The van der Waals surface area contributed by atoms with Crippen molar-refractivity contribution in [3.63, 3.8) is 0 Å². The Labute approximate surface area is 151 Å². The lowest BCUT2D eigenvalue weighted by Gasteiger charge is -2.23. The number of rotatable bonds is 10. The molecule has 0 aliphatic rings. The summed E-state index contributed by atoms with van der Waals surface area (Å²) in [5, 5.41) is 25.2. The predicted octanol–water partition coefficient (Wildman–Crippen LogP) is -2.55. The Morgan fingerprint density at radius 1 is 1.00 bits per heavy atom. The number of carboxylic acid groups (broad SMARTS) is 1. The van der Waals surface area contributed by atoms with Gasteiger partial charge in [-0.2, -0.15) is 12.6 Å². The van der Waals surface area contributed by atoms with E-state index in [1.807, 2.05) is 0 Å². The van der Waals surface area contributed by atoms with Crippen LogP contribution in [0.3, 0.4) is 0 Å². The lowest BCUT2D eigenvalue weighted by atomic mass is 10.0. The molecule has 7 N–H and O–H groups in total. The van der Waals surface area contributed by atoms with Gasteiger partial charge in [0.05, 0.1) is 12.6 Å². The Bertz CT molecular complexity index is 502. The van der Waals surface area contributed by atoms with E-state index in [4.69, 9.17) is 10.8 Å². The number of nitrogens with one attached hydrogen (secondary N) is 3. The lowest BCUT2D eigenvalue weighted by molar-refractivity contribution is -0.143. The summed E-state index contributed by atoms with van der Waals surface area (Å²) in [6.07, 6.45) is 0. The van der Waals surface area contributed by atoms with Gasteiger partial charge in [0, 0.05) is 5.75 Å². The van der Waals surface area contributed by atoms with E-state index in [9.17, 15) is 24.3 Å². The first-order valence-electron chi connectivity index (χ1n) is 7.66. The summed E-state index contributed by atoms with van der Waals surface area (Å²) in [5.41, 5.74) is 5.47. The number of hydrogen-bond donors (Lipinski definition) is 7. The zero-order chi connectivity index (χ0) is 19.7. The molecule has 10 nitrogen and oxygen atoms in total. The maximum atomic E-state index is 12.1. The number of aliphatic hydroxyl groups is 1. The molecule has 3 amide bonds. The van der Waals surface area contributed by atoms with E-state index < -0.39 is 60.4 Å². The van der Waals surface area contributed by atoms with Crippen molar-refractivity contribution in [3.8, 4) is 0 Å². The molecule has 0 rings (SSSR count). The zero-order valence-corrected chi connectivity index (χ0v) is 15.2. The van der Waals surface area contributed by atoms with E-state index in [2.05, 4.69) is 28.6 Å². The van der Waals surface area contributed by atoms with E-state index in [0.29, 0.717) is 0 Å². The predicted molar refractivity (Wildman–Crippen MR) is 92.9 cm³/mol. The van der Waals surface area contributed by atoms with E-state index >= 15 is 0 Å². The van der Waals surface area contributed by atoms with Crippen molar-refractivity contribution in [2.75, 3.05) is 12.4 Å². The molecular weight excluding hydrogens is 352 g/mol. The average molecular weight is 378 g/mol. The van der Waals surface area contributed by atoms with Crippen LogP contribution in [0.4, 0.5) is 0 Å². The zero-order valence-electron chi connectivity index (χ0n) is 14.4. The number of carboxylic acids is 1. The van der Waals surface area contributed by atoms with Crippen LogP contribution in [0.1, 0.15) is 20.8 Å². The third kappa shape index (κ3) is 7.71. The van der Waals surface area contributed by atoms with Gasteiger partial charge < -0.3 is 31.9 Å². The van der Waals surface area contributed by atoms with E-state index in [1.165, 1.54) is 6.92 Å². The van der Waals surface area contributed by atoms with Crippen LogP contribution in [0.5, 0.6) is 0 Å². The van der Waals surface area contributed by atoms with Gasteiger partial charge in [0.1, 0.15) is 18.1 Å². The third-order valence-electron chi connectivity index (χ3n) is 3.33. The molecule has 25 heavy (non-hydrogen) atoms. The molecule has 0 aromatic rings. The third-order valence-corrected chi connectivity index (χ3v) is 3.72. The molecule has 0 bridgehead atoms. The molecule has 4 atom stereocenters. The second-order valence-electron chi connectivity index (χ2n) is 5.83. The van der Waals surface area contributed by atoms with E-state index in [-0.39, 0.29) is 5.75 Å². The highest BCUT2D eigenvalue weighted by Crippen LogP contribution is 2.02. The van der Waals surface area contributed by atoms with Gasteiger partial charge in [0.2, 0.25) is 17.7 Å². The van der Waals surface area contributed by atoms with Gasteiger partial charge >= 0.3 is 5.97 Å². The lowest BCUT2D eigenvalue weighted by Crippen LogP contribution is -2.58. The van der Waals surface area contributed by atoms with Crippen molar-refractivity contribution in [2.24, 2.45) is 11.7 Å². The fourth-order valence-corrected chi connectivity index (χ4v) is 1.89. The van der Waals surface area contributed by atoms with Gasteiger partial charge in [-0.1, -0.05) is 13.8 Å². The van der Waals surface area contributed by atoms with Crippen LogP contribution in [-0.4, -0.2) is 70.4 Å². The molecule has 4 unspecified atom stereocenters. The molecule has 0 aliphatic heterocycles. The van der Waals surface area contributed by atoms with Crippen molar-refractivity contribution in [1.82, 2.24) is 16.0 Å². The summed E-state index contributed by atoms with van der Waals surface area (Å²) >= 11 is 3.87. The van der Waals surface area contributed by atoms with Gasteiger partial charge in [-0.05, 0) is 12.8 Å². The van der Waals surface area contributed by atoms with Crippen LogP contribution in [0.25, 0.3) is 0 Å². The molecular formula is C14H26N4O6S. The van der Waals surface area contributed by atoms with Crippen LogP contribution >= 0.6 is 12.6 Å². The summed E-state index contributed by atoms with van der Waals surface area (Å²) in [4.78, 5) is 46.8. The summed E-state index contributed by atoms with van der Waals surface area (Å²) in [6.45, 7) is 3.85. The quantitative estimate of drug-likeness (QED) is 0.205. The maximum absolute atomic E-state index is 12.1. The van der Waals surface area contributed by atoms with Crippen LogP contribution < -0.4 is 21.7 Å². The number of amides is 3. The second-order valence-corrected chi connectivity index (χ2v) is 6.20. The molecule has 144 valence electrons. The Morgan fingerprint density at radius 2 is 1.56 bits per heavy atom. The Morgan fingerprint density at radius 3 is 1.96 bits per heavy atom. The molecule has 0 spiro atoms. The Hall–Kier alpha value is -1.85. The van der Waals surface area contributed by atoms with Crippen molar-refractivity contribution in [3.05, 3.63) is 0 Å². The summed E-state index contributed by atoms with van der Waals surface area (Å²) < 4.78 is 0. The van der Waals surface area contributed by atoms with Crippen molar-refractivity contribution in [1.29, 1.82) is 0 Å². The minimum atomic E-state index is -1.36. The molecule has 0 aromatic carbocycles. The average Bonchev–Trinajstić information content (AvgIpc) is 2.55. The first-order valence-corrected chi connectivity index (χ1v) is 8.29. The molecule has 11 heteroatoms. The molecule has 0 saturated heterocycles. The number of nitrogens with two attached hydrogens (primary N) is 1. The SMILES string of the molecule is CC(NC(=O)C(N)CS)C(=O)NC(CO)C(=O)NC(C(=O)O)C(C)C. The van der Waals surface area contributed by atoms with Gasteiger partial charge in [-0.15, -0.1) is 0 Å². The minimum absolute atomic E-state index is 0.0909. The van der Waals surface area contributed by atoms with Gasteiger partial charge in [0.25, 0.3) is 0 Å². The number of aliphatic carboxylic acids is 1. The van der Waals surface area contributed by atoms with Gasteiger partial charge in [-0.3, -0.25) is 14.4 Å². The molecule has 0 radical (unpaired) electrons. The highest BCUT2D eigenvalue weighted by molar-refractivity contribution is 7.80. The summed E-state index contributed by atoms with van der Waals surface area (Å²) in [6, 6.07) is -4.42. The number of thiol groups is 1. The normalized spacial score (nSPS) is 15.6. The van der Waals surface area contributed by atoms with Crippen LogP contribution in [0.2, 0.25) is 0 Å². The molecule has 0 saturated carbocycles. The molecule has 0 aromatic heterocycles. The highest BCUT2D eigenvalue weighted by Gasteiger charge is 2.29. The van der Waals surface area contributed by atoms with Crippen molar-refractivity contribution >= 4 is 36.3 Å². The molecule has 0 heterocycles. The van der Waals surface area contributed by atoms with Crippen LogP contribution in [-0.2, 0) is 19.2 Å². The smallest absolute Gasteiger partial charge is 0.326 e. The van der Waals surface area contributed by atoms with Crippen molar-refractivity contribution < 1.29 is 29.4 Å².